The average Bonchev–Trinajstić information content (AvgIpc) is 2.40. The predicted molar refractivity (Wildman–Crippen MR) is 76.2 cm³/mol. The molecular formula is C14H11BrF3NO2. The van der Waals surface area contributed by atoms with Gasteiger partial charge in [-0.3, -0.25) is 0 Å². The highest BCUT2D eigenvalue weighted by molar-refractivity contribution is 9.10. The van der Waals surface area contributed by atoms with Crippen LogP contribution in [0, 0.1) is 0 Å². The number of rotatable bonds is 3. The SMILES string of the molecule is Oc1ccc(CNc2ccc(Br)cc2C(F)(F)F)cc1O. The second kappa shape index (κ2) is 5.85. The van der Waals surface area contributed by atoms with E-state index < -0.39 is 11.7 Å². The van der Waals surface area contributed by atoms with Crippen LogP contribution in [-0.2, 0) is 12.7 Å². The van der Waals surface area contributed by atoms with Gasteiger partial charge in [-0.05, 0) is 35.9 Å². The van der Waals surface area contributed by atoms with Crippen LogP contribution in [0.25, 0.3) is 0 Å². The summed E-state index contributed by atoms with van der Waals surface area (Å²) < 4.78 is 39.1. The highest BCUT2D eigenvalue weighted by Crippen LogP contribution is 2.36. The van der Waals surface area contributed by atoms with Crippen molar-refractivity contribution in [3.05, 3.63) is 52.0 Å². The summed E-state index contributed by atoms with van der Waals surface area (Å²) in [6.07, 6.45) is -4.47. The van der Waals surface area contributed by atoms with Gasteiger partial charge >= 0.3 is 6.18 Å². The van der Waals surface area contributed by atoms with E-state index in [9.17, 15) is 23.4 Å². The molecule has 0 radical (unpaired) electrons. The van der Waals surface area contributed by atoms with Crippen molar-refractivity contribution >= 4 is 21.6 Å². The minimum Gasteiger partial charge on any atom is -0.504 e. The topological polar surface area (TPSA) is 52.5 Å². The molecule has 21 heavy (non-hydrogen) atoms. The Morgan fingerprint density at radius 2 is 1.71 bits per heavy atom. The van der Waals surface area contributed by atoms with Crippen molar-refractivity contribution in [1.82, 2.24) is 0 Å². The van der Waals surface area contributed by atoms with Crippen molar-refractivity contribution < 1.29 is 23.4 Å². The zero-order valence-electron chi connectivity index (χ0n) is 10.6. The van der Waals surface area contributed by atoms with Crippen LogP contribution in [-0.4, -0.2) is 10.2 Å². The molecule has 3 nitrogen and oxygen atoms in total. The maximum atomic E-state index is 12.9. The molecule has 0 aromatic heterocycles. The molecule has 0 bridgehead atoms. The maximum absolute atomic E-state index is 12.9. The van der Waals surface area contributed by atoms with Crippen LogP contribution >= 0.6 is 15.9 Å². The molecule has 2 aromatic rings. The number of hydrogen-bond donors (Lipinski definition) is 3. The third kappa shape index (κ3) is 3.81. The number of phenols is 2. The standard InChI is InChI=1S/C14H11BrF3NO2/c15-9-2-3-11(10(6-9)14(16,17)18)19-7-8-1-4-12(20)13(21)5-8/h1-6,19-21H,7H2. The first-order valence-corrected chi connectivity index (χ1v) is 6.68. The van der Waals surface area contributed by atoms with E-state index in [1.807, 2.05) is 0 Å². The number of benzene rings is 2. The smallest absolute Gasteiger partial charge is 0.418 e. The van der Waals surface area contributed by atoms with Crippen molar-refractivity contribution in [3.63, 3.8) is 0 Å². The van der Waals surface area contributed by atoms with Crippen LogP contribution in [0.3, 0.4) is 0 Å². The van der Waals surface area contributed by atoms with Gasteiger partial charge in [-0.2, -0.15) is 13.2 Å². The van der Waals surface area contributed by atoms with Crippen LogP contribution in [0.15, 0.2) is 40.9 Å². The summed E-state index contributed by atoms with van der Waals surface area (Å²) in [5.41, 5.74) is -0.292. The fourth-order valence-corrected chi connectivity index (χ4v) is 2.14. The average molecular weight is 362 g/mol. The van der Waals surface area contributed by atoms with Gasteiger partial charge in [0.2, 0.25) is 0 Å². The first kappa shape index (κ1) is 15.5. The van der Waals surface area contributed by atoms with Gasteiger partial charge in [0, 0.05) is 16.7 Å². The third-order valence-electron chi connectivity index (χ3n) is 2.81. The maximum Gasteiger partial charge on any atom is 0.418 e. The molecule has 0 aliphatic rings. The van der Waals surface area contributed by atoms with Crippen LogP contribution in [0.4, 0.5) is 18.9 Å². The molecule has 0 amide bonds. The van der Waals surface area contributed by atoms with E-state index in [-0.39, 0.29) is 23.7 Å². The van der Waals surface area contributed by atoms with Crippen molar-refractivity contribution in [2.45, 2.75) is 12.7 Å². The Hall–Kier alpha value is -1.89. The van der Waals surface area contributed by atoms with E-state index in [4.69, 9.17) is 0 Å². The predicted octanol–water partition coefficient (Wildman–Crippen LogP) is 4.49. The fraction of sp³-hybridized carbons (Fsp3) is 0.143. The first-order chi connectivity index (χ1) is 9.77. The lowest BCUT2D eigenvalue weighted by atomic mass is 10.1. The lowest BCUT2D eigenvalue weighted by molar-refractivity contribution is -0.137. The van der Waals surface area contributed by atoms with Gasteiger partial charge in [0.25, 0.3) is 0 Å². The van der Waals surface area contributed by atoms with Gasteiger partial charge in [0.1, 0.15) is 0 Å². The Labute approximate surface area is 127 Å². The normalized spacial score (nSPS) is 11.4. The molecule has 0 atom stereocenters. The minimum absolute atomic E-state index is 0.0572. The van der Waals surface area contributed by atoms with E-state index in [1.165, 1.54) is 30.3 Å². The Morgan fingerprint density at radius 1 is 1.00 bits per heavy atom. The molecule has 0 aliphatic carbocycles. The van der Waals surface area contributed by atoms with Gasteiger partial charge in [0.05, 0.1) is 5.56 Å². The molecule has 3 N–H and O–H groups in total. The Kier molecular flexibility index (Phi) is 4.32. The van der Waals surface area contributed by atoms with Crippen molar-refractivity contribution in [2.24, 2.45) is 0 Å². The highest BCUT2D eigenvalue weighted by atomic mass is 79.9. The highest BCUT2D eigenvalue weighted by Gasteiger charge is 2.33. The van der Waals surface area contributed by atoms with E-state index in [1.54, 1.807) is 0 Å². The quantitative estimate of drug-likeness (QED) is 0.706. The van der Waals surface area contributed by atoms with Gasteiger partial charge < -0.3 is 15.5 Å². The van der Waals surface area contributed by atoms with Crippen LogP contribution in [0.1, 0.15) is 11.1 Å². The summed E-state index contributed by atoms with van der Waals surface area (Å²) >= 11 is 3.01. The third-order valence-corrected chi connectivity index (χ3v) is 3.30. The van der Waals surface area contributed by atoms with Crippen LogP contribution < -0.4 is 5.32 Å². The van der Waals surface area contributed by atoms with E-state index in [0.29, 0.717) is 10.0 Å². The second-order valence-corrected chi connectivity index (χ2v) is 5.28. The molecule has 2 rings (SSSR count). The first-order valence-electron chi connectivity index (χ1n) is 5.89. The molecule has 0 unspecified atom stereocenters. The summed E-state index contributed by atoms with van der Waals surface area (Å²) in [7, 11) is 0. The largest absolute Gasteiger partial charge is 0.504 e. The summed E-state index contributed by atoms with van der Waals surface area (Å²) in [5, 5.41) is 21.2. The molecule has 2 aromatic carbocycles. The van der Waals surface area contributed by atoms with Gasteiger partial charge in [-0.25, -0.2) is 0 Å². The molecule has 0 aliphatic heterocycles. The molecule has 0 fully saturated rings. The lowest BCUT2D eigenvalue weighted by Crippen LogP contribution is -2.10. The second-order valence-electron chi connectivity index (χ2n) is 4.36. The Morgan fingerprint density at radius 3 is 2.33 bits per heavy atom. The number of nitrogens with one attached hydrogen (secondary N) is 1. The number of alkyl halides is 3. The number of phenolic OH excluding ortho intramolecular Hbond substituents is 2. The Bertz CT molecular complexity index is 659. The number of anilines is 1. The van der Waals surface area contributed by atoms with E-state index in [2.05, 4.69) is 21.2 Å². The summed E-state index contributed by atoms with van der Waals surface area (Å²) in [4.78, 5) is 0. The zero-order chi connectivity index (χ0) is 15.6. The molecule has 0 saturated carbocycles. The lowest BCUT2D eigenvalue weighted by Gasteiger charge is -2.15. The van der Waals surface area contributed by atoms with E-state index >= 15 is 0 Å². The fourth-order valence-electron chi connectivity index (χ4n) is 1.78. The molecule has 0 saturated heterocycles. The Balaban J connectivity index is 2.22. The summed E-state index contributed by atoms with van der Waals surface area (Å²) in [6.45, 7) is 0.0819. The molecule has 0 heterocycles. The number of hydrogen-bond acceptors (Lipinski definition) is 3. The summed E-state index contributed by atoms with van der Waals surface area (Å²) in [5.74, 6) is -0.598. The van der Waals surface area contributed by atoms with Crippen molar-refractivity contribution in [2.75, 3.05) is 5.32 Å². The molecule has 112 valence electrons. The molecule has 0 spiro atoms. The molecular weight excluding hydrogens is 351 g/mol. The van der Waals surface area contributed by atoms with Gasteiger partial charge in [-0.1, -0.05) is 22.0 Å². The number of halogens is 4. The van der Waals surface area contributed by atoms with Crippen molar-refractivity contribution in [3.8, 4) is 11.5 Å². The van der Waals surface area contributed by atoms with Crippen molar-refractivity contribution in [1.29, 1.82) is 0 Å². The zero-order valence-corrected chi connectivity index (χ0v) is 12.2. The summed E-state index contributed by atoms with van der Waals surface area (Å²) in [6, 6.07) is 7.90. The van der Waals surface area contributed by atoms with E-state index in [0.717, 1.165) is 6.07 Å². The van der Waals surface area contributed by atoms with Gasteiger partial charge in [0.15, 0.2) is 11.5 Å². The number of aromatic hydroxyl groups is 2. The minimum atomic E-state index is -4.47. The van der Waals surface area contributed by atoms with Crippen LogP contribution in [0.2, 0.25) is 0 Å². The van der Waals surface area contributed by atoms with Crippen LogP contribution in [0.5, 0.6) is 11.5 Å². The van der Waals surface area contributed by atoms with Gasteiger partial charge in [-0.15, -0.1) is 0 Å². The monoisotopic (exact) mass is 361 g/mol. The molecule has 7 heteroatoms.